The van der Waals surface area contributed by atoms with E-state index in [0.29, 0.717) is 24.8 Å². The Labute approximate surface area is 125 Å². The third-order valence-electron chi connectivity index (χ3n) is 4.37. The fraction of sp³-hybridized carbons (Fsp3) is 0.529. The number of hydrogen-bond acceptors (Lipinski definition) is 3. The Bertz CT molecular complexity index is 510. The topological polar surface area (TPSA) is 66.5 Å². The Morgan fingerprint density at radius 3 is 2.57 bits per heavy atom. The van der Waals surface area contributed by atoms with Gasteiger partial charge in [-0.3, -0.25) is 0 Å². The van der Waals surface area contributed by atoms with Gasteiger partial charge < -0.3 is 15.9 Å². The van der Waals surface area contributed by atoms with Crippen molar-refractivity contribution in [3.8, 4) is 0 Å². The average molecular weight is 293 g/mol. The Kier molecular flexibility index (Phi) is 5.14. The van der Waals surface area contributed by atoms with Crippen LogP contribution in [-0.2, 0) is 5.60 Å². The maximum atomic E-state index is 14.9. The summed E-state index contributed by atoms with van der Waals surface area (Å²) < 4.78 is 14.9. The Hall–Kier alpha value is -1.23. The van der Waals surface area contributed by atoms with Gasteiger partial charge in [0.2, 0.25) is 0 Å². The second kappa shape index (κ2) is 6.69. The molecule has 1 unspecified atom stereocenters. The molecule has 1 saturated carbocycles. The molecule has 1 aromatic rings. The monoisotopic (exact) mass is 293 g/mol. The zero-order valence-corrected chi connectivity index (χ0v) is 12.3. The van der Waals surface area contributed by atoms with Crippen LogP contribution in [0.15, 0.2) is 18.7 Å². The Morgan fingerprint density at radius 2 is 2.00 bits per heavy atom. The highest BCUT2D eigenvalue weighted by molar-refractivity contribution is 5.56. The minimum atomic E-state index is -1.16. The number of aliphatic hydroxyl groups is 2. The molecule has 0 saturated heterocycles. The first-order chi connectivity index (χ1) is 10.0. The molecule has 0 bridgehead atoms. The zero-order valence-electron chi connectivity index (χ0n) is 12.3. The van der Waals surface area contributed by atoms with Crippen LogP contribution in [0.4, 0.5) is 4.39 Å². The average Bonchev–Trinajstić information content (AvgIpc) is 2.47. The van der Waals surface area contributed by atoms with E-state index in [1.54, 1.807) is 18.2 Å². The van der Waals surface area contributed by atoms with Gasteiger partial charge in [-0.2, -0.15) is 0 Å². The molecule has 1 atom stereocenters. The van der Waals surface area contributed by atoms with Crippen molar-refractivity contribution in [2.45, 2.75) is 50.2 Å². The molecule has 1 aliphatic rings. The van der Waals surface area contributed by atoms with Gasteiger partial charge in [-0.05, 0) is 31.4 Å². The second-order valence-corrected chi connectivity index (χ2v) is 5.82. The number of benzene rings is 1. The zero-order chi connectivity index (χ0) is 15.5. The standard InChI is InChI=1S/C17H24FNO2/c1-2-12-6-7-13(14(20)8-11-19)16(18)15(12)17(21)9-4-3-5-10-17/h2,6-7,14,20-21H,1,3-5,8-11,19H2. The van der Waals surface area contributed by atoms with Crippen LogP contribution in [-0.4, -0.2) is 16.8 Å². The van der Waals surface area contributed by atoms with Crippen molar-refractivity contribution in [1.82, 2.24) is 0 Å². The van der Waals surface area contributed by atoms with Crippen molar-refractivity contribution in [3.05, 3.63) is 41.2 Å². The van der Waals surface area contributed by atoms with Gasteiger partial charge in [0.1, 0.15) is 5.82 Å². The lowest BCUT2D eigenvalue weighted by Crippen LogP contribution is -2.31. The molecule has 1 fully saturated rings. The van der Waals surface area contributed by atoms with Crippen LogP contribution in [0.25, 0.3) is 6.08 Å². The molecule has 21 heavy (non-hydrogen) atoms. The molecule has 1 aliphatic carbocycles. The SMILES string of the molecule is C=Cc1ccc(C(O)CCN)c(F)c1C1(O)CCCCC1. The molecule has 4 heteroatoms. The van der Waals surface area contributed by atoms with E-state index in [-0.39, 0.29) is 17.7 Å². The first-order valence-electron chi connectivity index (χ1n) is 7.59. The van der Waals surface area contributed by atoms with Gasteiger partial charge >= 0.3 is 0 Å². The first kappa shape index (κ1) is 16.1. The van der Waals surface area contributed by atoms with E-state index in [1.165, 1.54) is 0 Å². The van der Waals surface area contributed by atoms with Gasteiger partial charge in [0.05, 0.1) is 11.7 Å². The summed E-state index contributed by atoms with van der Waals surface area (Å²) in [6.07, 6.45) is 4.81. The lowest BCUT2D eigenvalue weighted by molar-refractivity contribution is -0.00438. The molecule has 0 aromatic heterocycles. The van der Waals surface area contributed by atoms with Crippen LogP contribution >= 0.6 is 0 Å². The summed E-state index contributed by atoms with van der Waals surface area (Å²) in [5.41, 5.74) is 5.36. The molecule has 4 N–H and O–H groups in total. The third kappa shape index (κ3) is 3.18. The van der Waals surface area contributed by atoms with E-state index in [9.17, 15) is 14.6 Å². The van der Waals surface area contributed by atoms with Crippen molar-refractivity contribution in [2.24, 2.45) is 5.73 Å². The van der Waals surface area contributed by atoms with E-state index in [2.05, 4.69) is 6.58 Å². The molecule has 1 aromatic carbocycles. The van der Waals surface area contributed by atoms with Crippen molar-refractivity contribution in [1.29, 1.82) is 0 Å². The largest absolute Gasteiger partial charge is 0.388 e. The molecule has 3 nitrogen and oxygen atoms in total. The van der Waals surface area contributed by atoms with Crippen LogP contribution in [0.2, 0.25) is 0 Å². The molecule has 0 heterocycles. The van der Waals surface area contributed by atoms with Gasteiger partial charge in [0.25, 0.3) is 0 Å². The minimum absolute atomic E-state index is 0.208. The predicted molar refractivity (Wildman–Crippen MR) is 82.1 cm³/mol. The first-order valence-corrected chi connectivity index (χ1v) is 7.59. The summed E-state index contributed by atoms with van der Waals surface area (Å²) in [7, 11) is 0. The Balaban J connectivity index is 2.51. The number of hydrogen-bond donors (Lipinski definition) is 3. The van der Waals surface area contributed by atoms with Crippen LogP contribution in [0.3, 0.4) is 0 Å². The van der Waals surface area contributed by atoms with Crippen molar-refractivity contribution in [3.63, 3.8) is 0 Å². The number of aliphatic hydroxyl groups excluding tert-OH is 1. The molecule has 0 amide bonds. The molecule has 2 rings (SSSR count). The summed E-state index contributed by atoms with van der Waals surface area (Å²) in [5, 5.41) is 20.9. The predicted octanol–water partition coefficient (Wildman–Crippen LogP) is 3.00. The van der Waals surface area contributed by atoms with Gasteiger partial charge in [-0.1, -0.05) is 44.1 Å². The number of rotatable bonds is 5. The van der Waals surface area contributed by atoms with E-state index >= 15 is 0 Å². The third-order valence-corrected chi connectivity index (χ3v) is 4.37. The quantitative estimate of drug-likeness (QED) is 0.782. The summed E-state index contributed by atoms with van der Waals surface area (Å²) in [5.74, 6) is -0.516. The number of nitrogens with two attached hydrogens (primary N) is 1. The smallest absolute Gasteiger partial charge is 0.135 e. The van der Waals surface area contributed by atoms with Crippen LogP contribution in [0.1, 0.15) is 61.3 Å². The highest BCUT2D eigenvalue weighted by atomic mass is 19.1. The van der Waals surface area contributed by atoms with E-state index in [0.717, 1.165) is 19.3 Å². The maximum Gasteiger partial charge on any atom is 0.135 e. The van der Waals surface area contributed by atoms with E-state index < -0.39 is 17.5 Å². The maximum absolute atomic E-state index is 14.9. The molecular weight excluding hydrogens is 269 g/mol. The van der Waals surface area contributed by atoms with Gasteiger partial charge in [0, 0.05) is 11.1 Å². The van der Waals surface area contributed by atoms with E-state index in [4.69, 9.17) is 5.73 Å². The molecule has 116 valence electrons. The lowest BCUT2D eigenvalue weighted by atomic mass is 9.76. The van der Waals surface area contributed by atoms with Crippen molar-refractivity contribution < 1.29 is 14.6 Å². The molecule has 0 spiro atoms. The Morgan fingerprint density at radius 1 is 1.33 bits per heavy atom. The van der Waals surface area contributed by atoms with Crippen LogP contribution in [0, 0.1) is 5.82 Å². The summed E-state index contributed by atoms with van der Waals surface area (Å²) in [6, 6.07) is 3.27. The fourth-order valence-electron chi connectivity index (χ4n) is 3.21. The van der Waals surface area contributed by atoms with E-state index in [1.807, 2.05) is 0 Å². The number of halogens is 1. The highest BCUT2D eigenvalue weighted by Crippen LogP contribution is 2.41. The van der Waals surface area contributed by atoms with Crippen LogP contribution < -0.4 is 5.73 Å². The van der Waals surface area contributed by atoms with Gasteiger partial charge in [0.15, 0.2) is 0 Å². The fourth-order valence-corrected chi connectivity index (χ4v) is 3.21. The molecule has 0 radical (unpaired) electrons. The van der Waals surface area contributed by atoms with Crippen molar-refractivity contribution >= 4 is 6.08 Å². The minimum Gasteiger partial charge on any atom is -0.388 e. The summed E-state index contributed by atoms with van der Waals surface area (Å²) >= 11 is 0. The van der Waals surface area contributed by atoms with Gasteiger partial charge in [-0.25, -0.2) is 4.39 Å². The lowest BCUT2D eigenvalue weighted by Gasteiger charge is -2.34. The summed E-state index contributed by atoms with van der Waals surface area (Å²) in [4.78, 5) is 0. The molecule has 0 aliphatic heterocycles. The highest BCUT2D eigenvalue weighted by Gasteiger charge is 2.36. The summed E-state index contributed by atoms with van der Waals surface area (Å²) in [6.45, 7) is 3.99. The second-order valence-electron chi connectivity index (χ2n) is 5.82. The van der Waals surface area contributed by atoms with Crippen LogP contribution in [0.5, 0.6) is 0 Å². The normalized spacial score (nSPS) is 19.2. The van der Waals surface area contributed by atoms with Crippen molar-refractivity contribution in [2.75, 3.05) is 6.54 Å². The molecular formula is C17H24FNO2. The van der Waals surface area contributed by atoms with Gasteiger partial charge in [-0.15, -0.1) is 0 Å².